The van der Waals surface area contributed by atoms with Crippen molar-refractivity contribution < 1.29 is 12.8 Å². The summed E-state index contributed by atoms with van der Waals surface area (Å²) < 4.78 is 41.1. The SMILES string of the molecule is Cc1c(N)cc(S(=O)(=O)N2CCCC3CCCC32)cc1F. The van der Waals surface area contributed by atoms with E-state index in [9.17, 15) is 12.8 Å². The molecule has 1 aromatic carbocycles. The second-order valence-corrected chi connectivity index (χ2v) is 8.03. The first-order chi connectivity index (χ1) is 9.91. The van der Waals surface area contributed by atoms with Gasteiger partial charge in [0.1, 0.15) is 5.82 Å². The van der Waals surface area contributed by atoms with Crippen molar-refractivity contribution in [2.24, 2.45) is 5.92 Å². The largest absolute Gasteiger partial charge is 0.398 e. The third kappa shape index (κ3) is 2.44. The minimum absolute atomic E-state index is 0.0179. The van der Waals surface area contributed by atoms with Gasteiger partial charge < -0.3 is 5.73 Å². The molecule has 2 fully saturated rings. The molecule has 116 valence electrons. The van der Waals surface area contributed by atoms with E-state index in [0.29, 0.717) is 18.0 Å². The molecule has 1 aromatic rings. The second-order valence-electron chi connectivity index (χ2n) is 6.14. The highest BCUT2D eigenvalue weighted by Crippen LogP contribution is 2.39. The van der Waals surface area contributed by atoms with E-state index in [-0.39, 0.29) is 16.6 Å². The minimum atomic E-state index is -3.66. The normalized spacial score (nSPS) is 26.8. The number of hydrogen-bond donors (Lipinski definition) is 1. The Kier molecular flexibility index (Phi) is 3.69. The predicted octanol–water partition coefficient (Wildman–Crippen LogP) is 2.67. The van der Waals surface area contributed by atoms with Crippen molar-refractivity contribution in [1.29, 1.82) is 0 Å². The van der Waals surface area contributed by atoms with Gasteiger partial charge in [0.05, 0.1) is 4.90 Å². The summed E-state index contributed by atoms with van der Waals surface area (Å²) >= 11 is 0. The van der Waals surface area contributed by atoms with Crippen LogP contribution in [0.4, 0.5) is 10.1 Å². The highest BCUT2D eigenvalue weighted by molar-refractivity contribution is 7.89. The number of fused-ring (bicyclic) bond motifs is 1. The van der Waals surface area contributed by atoms with Gasteiger partial charge in [-0.05, 0) is 50.7 Å². The Labute approximate surface area is 125 Å². The van der Waals surface area contributed by atoms with Crippen LogP contribution in [-0.4, -0.2) is 25.3 Å². The Morgan fingerprint density at radius 2 is 1.95 bits per heavy atom. The van der Waals surface area contributed by atoms with E-state index in [1.165, 1.54) is 6.07 Å². The van der Waals surface area contributed by atoms with Gasteiger partial charge in [-0.25, -0.2) is 12.8 Å². The van der Waals surface area contributed by atoms with Crippen LogP contribution in [0, 0.1) is 18.7 Å². The summed E-state index contributed by atoms with van der Waals surface area (Å²) in [4.78, 5) is -0.0179. The molecule has 4 nitrogen and oxygen atoms in total. The second kappa shape index (κ2) is 5.25. The molecule has 1 aliphatic heterocycles. The van der Waals surface area contributed by atoms with Crippen LogP contribution in [-0.2, 0) is 10.0 Å². The van der Waals surface area contributed by atoms with Crippen LogP contribution in [0.2, 0.25) is 0 Å². The van der Waals surface area contributed by atoms with Crippen LogP contribution < -0.4 is 5.73 Å². The number of piperidine rings is 1. The molecule has 1 aliphatic carbocycles. The molecule has 0 spiro atoms. The first-order valence-corrected chi connectivity index (χ1v) is 8.92. The highest BCUT2D eigenvalue weighted by atomic mass is 32.2. The zero-order valence-electron chi connectivity index (χ0n) is 12.2. The molecular weight excluding hydrogens is 291 g/mol. The fourth-order valence-corrected chi connectivity index (χ4v) is 5.47. The first-order valence-electron chi connectivity index (χ1n) is 7.48. The van der Waals surface area contributed by atoms with Crippen molar-refractivity contribution in [2.45, 2.75) is 50.0 Å². The molecule has 2 unspecified atom stereocenters. The van der Waals surface area contributed by atoms with Crippen LogP contribution in [0.25, 0.3) is 0 Å². The number of hydrogen-bond acceptors (Lipinski definition) is 3. The van der Waals surface area contributed by atoms with E-state index in [1.54, 1.807) is 11.2 Å². The number of halogens is 1. The Hall–Kier alpha value is -1.14. The molecule has 0 radical (unpaired) electrons. The van der Waals surface area contributed by atoms with E-state index in [1.807, 2.05) is 0 Å². The lowest BCUT2D eigenvalue weighted by Crippen LogP contribution is -2.46. The maximum absolute atomic E-state index is 13.8. The first kappa shape index (κ1) is 14.8. The van der Waals surface area contributed by atoms with Crippen molar-refractivity contribution in [2.75, 3.05) is 12.3 Å². The molecule has 2 N–H and O–H groups in total. The van der Waals surface area contributed by atoms with Crippen LogP contribution in [0.1, 0.15) is 37.7 Å². The van der Waals surface area contributed by atoms with Crippen LogP contribution >= 0.6 is 0 Å². The van der Waals surface area contributed by atoms with E-state index < -0.39 is 15.8 Å². The Morgan fingerprint density at radius 3 is 2.67 bits per heavy atom. The number of nitrogens with two attached hydrogens (primary N) is 1. The summed E-state index contributed by atoms with van der Waals surface area (Å²) in [5.74, 6) is -0.102. The van der Waals surface area contributed by atoms with Crippen molar-refractivity contribution in [3.05, 3.63) is 23.5 Å². The molecule has 0 amide bonds. The quantitative estimate of drug-likeness (QED) is 0.854. The van der Waals surface area contributed by atoms with Crippen molar-refractivity contribution in [1.82, 2.24) is 4.31 Å². The van der Waals surface area contributed by atoms with E-state index in [0.717, 1.165) is 38.2 Å². The zero-order valence-corrected chi connectivity index (χ0v) is 13.0. The monoisotopic (exact) mass is 312 g/mol. The summed E-state index contributed by atoms with van der Waals surface area (Å²) in [5.41, 5.74) is 6.22. The lowest BCUT2D eigenvalue weighted by molar-refractivity contribution is 0.202. The Bertz CT molecular complexity index is 637. The zero-order chi connectivity index (χ0) is 15.2. The third-order valence-corrected chi connectivity index (χ3v) is 6.81. The minimum Gasteiger partial charge on any atom is -0.398 e. The van der Waals surface area contributed by atoms with E-state index in [4.69, 9.17) is 5.73 Å². The molecule has 1 saturated carbocycles. The summed E-state index contributed by atoms with van der Waals surface area (Å²) in [6.07, 6.45) is 5.06. The Morgan fingerprint density at radius 1 is 1.24 bits per heavy atom. The summed E-state index contributed by atoms with van der Waals surface area (Å²) in [7, 11) is -3.66. The van der Waals surface area contributed by atoms with Gasteiger partial charge in [0, 0.05) is 23.8 Å². The predicted molar refractivity (Wildman–Crippen MR) is 79.8 cm³/mol. The van der Waals surface area contributed by atoms with Gasteiger partial charge in [0.2, 0.25) is 10.0 Å². The van der Waals surface area contributed by atoms with Crippen LogP contribution in [0.15, 0.2) is 17.0 Å². The molecule has 6 heteroatoms. The fourth-order valence-electron chi connectivity index (χ4n) is 3.67. The van der Waals surface area contributed by atoms with Gasteiger partial charge in [-0.2, -0.15) is 4.31 Å². The van der Waals surface area contributed by atoms with Crippen molar-refractivity contribution in [3.8, 4) is 0 Å². The molecule has 2 aliphatic rings. The smallest absolute Gasteiger partial charge is 0.243 e. The van der Waals surface area contributed by atoms with Gasteiger partial charge >= 0.3 is 0 Å². The molecule has 1 saturated heterocycles. The number of benzene rings is 1. The van der Waals surface area contributed by atoms with Gasteiger partial charge in [0.25, 0.3) is 0 Å². The van der Waals surface area contributed by atoms with Crippen molar-refractivity contribution in [3.63, 3.8) is 0 Å². The topological polar surface area (TPSA) is 63.4 Å². The van der Waals surface area contributed by atoms with Crippen molar-refractivity contribution >= 4 is 15.7 Å². The number of nitrogen functional groups attached to an aromatic ring is 1. The summed E-state index contributed by atoms with van der Waals surface area (Å²) in [6.45, 7) is 2.08. The fraction of sp³-hybridized carbons (Fsp3) is 0.600. The maximum atomic E-state index is 13.8. The number of sulfonamides is 1. The molecule has 2 atom stereocenters. The molecule has 0 bridgehead atoms. The number of nitrogens with zero attached hydrogens (tertiary/aromatic N) is 1. The van der Waals surface area contributed by atoms with Gasteiger partial charge in [-0.3, -0.25) is 0 Å². The highest BCUT2D eigenvalue weighted by Gasteiger charge is 2.41. The summed E-state index contributed by atoms with van der Waals surface area (Å²) in [5, 5.41) is 0. The molecule has 1 heterocycles. The molecule has 21 heavy (non-hydrogen) atoms. The van der Waals surface area contributed by atoms with E-state index >= 15 is 0 Å². The average molecular weight is 312 g/mol. The number of rotatable bonds is 2. The molecular formula is C15H21FN2O2S. The lowest BCUT2D eigenvalue weighted by Gasteiger charge is -2.36. The van der Waals surface area contributed by atoms with Crippen LogP contribution in [0.5, 0.6) is 0 Å². The molecule has 3 rings (SSSR count). The molecule has 0 aromatic heterocycles. The lowest BCUT2D eigenvalue weighted by atomic mass is 9.94. The van der Waals surface area contributed by atoms with Crippen LogP contribution in [0.3, 0.4) is 0 Å². The Balaban J connectivity index is 2.00. The van der Waals surface area contributed by atoms with E-state index in [2.05, 4.69) is 0 Å². The summed E-state index contributed by atoms with van der Waals surface area (Å²) in [6, 6.07) is 2.56. The maximum Gasteiger partial charge on any atom is 0.243 e. The van der Waals surface area contributed by atoms with Gasteiger partial charge in [-0.15, -0.1) is 0 Å². The number of anilines is 1. The van der Waals surface area contributed by atoms with Gasteiger partial charge in [0.15, 0.2) is 0 Å². The van der Waals surface area contributed by atoms with Gasteiger partial charge in [-0.1, -0.05) is 6.42 Å². The standard InChI is InChI=1S/C15H21FN2O2S/c1-10-13(16)8-12(9-14(10)17)21(19,20)18-7-3-5-11-4-2-6-15(11)18/h8-9,11,15H,2-7,17H2,1H3. The third-order valence-electron chi connectivity index (χ3n) is 4.91. The average Bonchev–Trinajstić information content (AvgIpc) is 2.92.